The van der Waals surface area contributed by atoms with Crippen molar-refractivity contribution in [2.45, 2.75) is 20.4 Å². The Bertz CT molecular complexity index is 741. The van der Waals surface area contributed by atoms with E-state index < -0.39 is 0 Å². The van der Waals surface area contributed by atoms with E-state index >= 15 is 0 Å². The number of benzene rings is 1. The van der Waals surface area contributed by atoms with Gasteiger partial charge in [0, 0.05) is 16.6 Å². The van der Waals surface area contributed by atoms with Gasteiger partial charge in [0.1, 0.15) is 5.76 Å². The maximum absolute atomic E-state index is 12.0. The molecule has 0 saturated carbocycles. The average Bonchev–Trinajstić information content (AvgIpc) is 2.87. The third-order valence-corrected chi connectivity index (χ3v) is 4.31. The van der Waals surface area contributed by atoms with Gasteiger partial charge in [0.15, 0.2) is 0 Å². The Hall–Kier alpha value is -2.19. The molecule has 0 atom stereocenters. The summed E-state index contributed by atoms with van der Waals surface area (Å²) >= 11 is 3.36. The van der Waals surface area contributed by atoms with Crippen LogP contribution in [-0.4, -0.2) is 42.0 Å². The van der Waals surface area contributed by atoms with Crippen molar-refractivity contribution in [3.63, 3.8) is 0 Å². The lowest BCUT2D eigenvalue weighted by Crippen LogP contribution is -2.39. The van der Waals surface area contributed by atoms with Gasteiger partial charge in [0.25, 0.3) is 0 Å². The SMILES string of the molecule is Cc1noc(C)c1CN(C)CC(=O)NCC(=O)Nc1ccccc1Br. The van der Waals surface area contributed by atoms with Crippen molar-refractivity contribution in [1.82, 2.24) is 15.4 Å². The van der Waals surface area contributed by atoms with Gasteiger partial charge in [-0.15, -0.1) is 0 Å². The van der Waals surface area contributed by atoms with Gasteiger partial charge in [-0.1, -0.05) is 17.3 Å². The molecule has 0 saturated heterocycles. The number of nitrogens with one attached hydrogen (secondary N) is 2. The molecule has 1 heterocycles. The summed E-state index contributed by atoms with van der Waals surface area (Å²) in [7, 11) is 1.83. The highest BCUT2D eigenvalue weighted by molar-refractivity contribution is 9.10. The third-order valence-electron chi connectivity index (χ3n) is 3.62. The molecule has 7 nitrogen and oxygen atoms in total. The van der Waals surface area contributed by atoms with Gasteiger partial charge in [-0.05, 0) is 49.0 Å². The predicted molar refractivity (Wildman–Crippen MR) is 98.1 cm³/mol. The molecule has 0 unspecified atom stereocenters. The molecule has 2 aromatic rings. The number of aromatic nitrogens is 1. The first-order chi connectivity index (χ1) is 11.9. The molecule has 8 heteroatoms. The predicted octanol–water partition coefficient (Wildman–Crippen LogP) is 2.24. The number of hydrogen-bond acceptors (Lipinski definition) is 5. The Kier molecular flexibility index (Phi) is 6.72. The lowest BCUT2D eigenvalue weighted by Gasteiger charge is -2.16. The molecule has 0 bridgehead atoms. The molecule has 0 aliphatic rings. The van der Waals surface area contributed by atoms with Crippen LogP contribution in [-0.2, 0) is 16.1 Å². The summed E-state index contributed by atoms with van der Waals surface area (Å²) in [6.45, 7) is 4.35. The molecule has 2 N–H and O–H groups in total. The lowest BCUT2D eigenvalue weighted by atomic mass is 10.2. The summed E-state index contributed by atoms with van der Waals surface area (Å²) in [4.78, 5) is 25.8. The van der Waals surface area contributed by atoms with Crippen LogP contribution in [0.3, 0.4) is 0 Å². The van der Waals surface area contributed by atoms with Crippen LogP contribution in [0.5, 0.6) is 0 Å². The van der Waals surface area contributed by atoms with E-state index in [-0.39, 0.29) is 24.9 Å². The van der Waals surface area contributed by atoms with Crippen LogP contribution >= 0.6 is 15.9 Å². The number of carbonyl (C=O) groups is 2. The molecule has 1 aromatic heterocycles. The highest BCUT2D eigenvalue weighted by Crippen LogP contribution is 2.20. The number of para-hydroxylation sites is 1. The molecular weight excluding hydrogens is 388 g/mol. The quantitative estimate of drug-likeness (QED) is 0.733. The van der Waals surface area contributed by atoms with Crippen LogP contribution < -0.4 is 10.6 Å². The van der Waals surface area contributed by atoms with Crippen molar-refractivity contribution in [2.24, 2.45) is 0 Å². The minimum absolute atomic E-state index is 0.0840. The van der Waals surface area contributed by atoms with E-state index in [1.165, 1.54) is 0 Å². The largest absolute Gasteiger partial charge is 0.361 e. The second kappa shape index (κ2) is 8.77. The zero-order chi connectivity index (χ0) is 18.4. The molecule has 2 rings (SSSR count). The smallest absolute Gasteiger partial charge is 0.243 e. The summed E-state index contributed by atoms with van der Waals surface area (Å²) in [5.74, 6) is 0.239. The monoisotopic (exact) mass is 408 g/mol. The van der Waals surface area contributed by atoms with E-state index in [1.54, 1.807) is 6.07 Å². The summed E-state index contributed by atoms with van der Waals surface area (Å²) in [5, 5.41) is 9.25. The van der Waals surface area contributed by atoms with Crippen molar-refractivity contribution in [1.29, 1.82) is 0 Å². The number of amides is 2. The summed E-state index contributed by atoms with van der Waals surface area (Å²) in [5.41, 5.74) is 2.46. The maximum atomic E-state index is 12.0. The van der Waals surface area contributed by atoms with Gasteiger partial charge in [0.2, 0.25) is 11.8 Å². The molecular formula is C17H21BrN4O3. The second-order valence-electron chi connectivity index (χ2n) is 5.78. The van der Waals surface area contributed by atoms with Gasteiger partial charge in [-0.25, -0.2) is 0 Å². The Morgan fingerprint density at radius 3 is 2.60 bits per heavy atom. The highest BCUT2D eigenvalue weighted by Gasteiger charge is 2.14. The molecule has 1 aromatic carbocycles. The molecule has 0 spiro atoms. The number of aryl methyl sites for hydroxylation is 2. The van der Waals surface area contributed by atoms with Gasteiger partial charge >= 0.3 is 0 Å². The standard InChI is InChI=1S/C17H21BrN4O3/c1-11-13(12(2)25-21-11)9-22(3)10-17(24)19-8-16(23)20-15-7-5-4-6-14(15)18/h4-7H,8-10H2,1-3H3,(H,19,24)(H,20,23). The first-order valence-electron chi connectivity index (χ1n) is 7.78. The second-order valence-corrected chi connectivity index (χ2v) is 6.63. The number of nitrogens with zero attached hydrogens (tertiary/aromatic N) is 2. The number of halogens is 1. The maximum Gasteiger partial charge on any atom is 0.243 e. The van der Waals surface area contributed by atoms with Crippen LogP contribution in [0.15, 0.2) is 33.3 Å². The van der Waals surface area contributed by atoms with E-state index in [0.29, 0.717) is 12.2 Å². The van der Waals surface area contributed by atoms with Crippen molar-refractivity contribution in [3.8, 4) is 0 Å². The summed E-state index contributed by atoms with van der Waals surface area (Å²) < 4.78 is 5.90. The molecule has 0 fully saturated rings. The van der Waals surface area contributed by atoms with Crippen molar-refractivity contribution < 1.29 is 14.1 Å². The molecule has 25 heavy (non-hydrogen) atoms. The van der Waals surface area contributed by atoms with Gasteiger partial charge in [-0.2, -0.15) is 0 Å². The minimum Gasteiger partial charge on any atom is -0.361 e. The fourth-order valence-corrected chi connectivity index (χ4v) is 2.67. The van der Waals surface area contributed by atoms with Crippen LogP contribution in [0.2, 0.25) is 0 Å². The molecule has 0 aliphatic heterocycles. The Balaban J connectivity index is 1.76. The van der Waals surface area contributed by atoms with Gasteiger partial charge < -0.3 is 15.2 Å². The molecule has 134 valence electrons. The van der Waals surface area contributed by atoms with Gasteiger partial charge in [-0.3, -0.25) is 14.5 Å². The van der Waals surface area contributed by atoms with Crippen LogP contribution in [0.25, 0.3) is 0 Å². The van der Waals surface area contributed by atoms with E-state index in [9.17, 15) is 9.59 Å². The fraction of sp³-hybridized carbons (Fsp3) is 0.353. The molecule has 0 radical (unpaired) electrons. The topological polar surface area (TPSA) is 87.5 Å². The van der Waals surface area contributed by atoms with Crippen molar-refractivity contribution >= 4 is 33.4 Å². The number of likely N-dealkylation sites (N-methyl/N-ethyl adjacent to an activating group) is 1. The van der Waals surface area contributed by atoms with E-state index in [2.05, 4.69) is 31.7 Å². The van der Waals surface area contributed by atoms with E-state index in [1.807, 2.05) is 44.0 Å². The number of carbonyl (C=O) groups excluding carboxylic acids is 2. The van der Waals surface area contributed by atoms with Crippen molar-refractivity contribution in [3.05, 3.63) is 45.8 Å². The molecule has 0 aliphatic carbocycles. The Morgan fingerprint density at radius 2 is 1.96 bits per heavy atom. The normalized spacial score (nSPS) is 10.8. The first-order valence-corrected chi connectivity index (χ1v) is 8.57. The Labute approximate surface area is 154 Å². The van der Waals surface area contributed by atoms with Crippen LogP contribution in [0.1, 0.15) is 17.0 Å². The Morgan fingerprint density at radius 1 is 1.24 bits per heavy atom. The molecule has 2 amide bonds. The fourth-order valence-electron chi connectivity index (χ4n) is 2.29. The average molecular weight is 409 g/mol. The lowest BCUT2D eigenvalue weighted by molar-refractivity contribution is -0.124. The highest BCUT2D eigenvalue weighted by atomic mass is 79.9. The van der Waals surface area contributed by atoms with E-state index in [0.717, 1.165) is 21.5 Å². The van der Waals surface area contributed by atoms with Crippen LogP contribution in [0.4, 0.5) is 5.69 Å². The third kappa shape index (κ3) is 5.68. The van der Waals surface area contributed by atoms with E-state index in [4.69, 9.17) is 4.52 Å². The zero-order valence-electron chi connectivity index (χ0n) is 14.4. The minimum atomic E-state index is -0.284. The zero-order valence-corrected chi connectivity index (χ0v) is 16.0. The number of hydrogen-bond donors (Lipinski definition) is 2. The number of rotatable bonds is 7. The first kappa shape index (κ1) is 19.1. The summed E-state index contributed by atoms with van der Waals surface area (Å²) in [6.07, 6.45) is 0. The van der Waals surface area contributed by atoms with Crippen LogP contribution in [0, 0.1) is 13.8 Å². The summed E-state index contributed by atoms with van der Waals surface area (Å²) in [6, 6.07) is 7.29. The number of anilines is 1. The van der Waals surface area contributed by atoms with Crippen molar-refractivity contribution in [2.75, 3.05) is 25.5 Å². The van der Waals surface area contributed by atoms with Gasteiger partial charge in [0.05, 0.1) is 24.5 Å².